The second kappa shape index (κ2) is 5.86. The summed E-state index contributed by atoms with van der Waals surface area (Å²) >= 11 is 0. The number of imide groups is 1. The van der Waals surface area contributed by atoms with Crippen molar-refractivity contribution in [1.29, 1.82) is 0 Å². The molecule has 6 nitrogen and oxygen atoms in total. The van der Waals surface area contributed by atoms with Crippen LogP contribution in [0.2, 0.25) is 0 Å². The van der Waals surface area contributed by atoms with E-state index in [1.807, 2.05) is 6.92 Å². The van der Waals surface area contributed by atoms with Gasteiger partial charge in [-0.1, -0.05) is 0 Å². The van der Waals surface area contributed by atoms with Crippen LogP contribution < -0.4 is 5.32 Å². The number of nitrogens with one attached hydrogen (secondary N) is 1. The summed E-state index contributed by atoms with van der Waals surface area (Å²) in [6, 6.07) is -0.417. The van der Waals surface area contributed by atoms with E-state index in [1.54, 1.807) is 7.05 Å². The largest absolute Gasteiger partial charge is 0.478 e. The summed E-state index contributed by atoms with van der Waals surface area (Å²) in [6.45, 7) is 4.65. The van der Waals surface area contributed by atoms with E-state index in [0.717, 1.165) is 12.8 Å². The standard InChI is InChI=1S/C13H20N2O4/c1-7(8(2)12(17)18)11(16)14-13(19)15(4)9(3)10-5-6-10/h9-10H,5-6H2,1-4H3,(H,17,18)(H,14,16,19)/b8-7-. The maximum Gasteiger partial charge on any atom is 0.331 e. The van der Waals surface area contributed by atoms with Crippen molar-refractivity contribution < 1.29 is 19.5 Å². The molecule has 1 saturated carbocycles. The number of amides is 3. The number of carboxylic acids is 1. The SMILES string of the molecule is C/C(C(=O)O)=C(\C)C(=O)NC(=O)N(C)C(C)C1CC1. The summed E-state index contributed by atoms with van der Waals surface area (Å²) in [7, 11) is 1.63. The first kappa shape index (κ1) is 15.2. The van der Waals surface area contributed by atoms with Gasteiger partial charge in [0.25, 0.3) is 5.91 Å². The highest BCUT2D eigenvalue weighted by atomic mass is 16.4. The third-order valence-corrected chi connectivity index (χ3v) is 3.68. The van der Waals surface area contributed by atoms with Crippen LogP contribution in [-0.4, -0.2) is 41.0 Å². The Balaban J connectivity index is 2.63. The van der Waals surface area contributed by atoms with E-state index < -0.39 is 17.9 Å². The number of carbonyl (C=O) groups excluding carboxylic acids is 2. The minimum Gasteiger partial charge on any atom is -0.478 e. The minimum atomic E-state index is -1.17. The number of carbonyl (C=O) groups is 3. The normalized spacial score (nSPS) is 17.3. The third-order valence-electron chi connectivity index (χ3n) is 3.68. The van der Waals surface area contributed by atoms with Crippen LogP contribution in [0.15, 0.2) is 11.1 Å². The zero-order valence-corrected chi connectivity index (χ0v) is 11.7. The van der Waals surface area contributed by atoms with Crippen molar-refractivity contribution in [3.05, 3.63) is 11.1 Å². The molecule has 1 aliphatic carbocycles. The van der Waals surface area contributed by atoms with Gasteiger partial charge in [0.15, 0.2) is 0 Å². The van der Waals surface area contributed by atoms with Crippen LogP contribution in [0.3, 0.4) is 0 Å². The molecule has 0 aliphatic heterocycles. The Morgan fingerprint density at radius 3 is 2.16 bits per heavy atom. The molecule has 0 aromatic carbocycles. The first-order valence-corrected chi connectivity index (χ1v) is 6.24. The van der Waals surface area contributed by atoms with Gasteiger partial charge in [0.2, 0.25) is 0 Å². The quantitative estimate of drug-likeness (QED) is 0.754. The average molecular weight is 268 g/mol. The van der Waals surface area contributed by atoms with Crippen molar-refractivity contribution in [3.63, 3.8) is 0 Å². The van der Waals surface area contributed by atoms with Gasteiger partial charge in [0, 0.05) is 24.2 Å². The van der Waals surface area contributed by atoms with E-state index in [0.29, 0.717) is 5.92 Å². The number of hydrogen-bond acceptors (Lipinski definition) is 3. The monoisotopic (exact) mass is 268 g/mol. The second-order valence-electron chi connectivity index (χ2n) is 5.00. The first-order valence-electron chi connectivity index (χ1n) is 6.24. The molecule has 1 atom stereocenters. The molecule has 19 heavy (non-hydrogen) atoms. The maximum atomic E-state index is 11.8. The van der Waals surface area contributed by atoms with Crippen LogP contribution in [0.5, 0.6) is 0 Å². The van der Waals surface area contributed by atoms with Gasteiger partial charge < -0.3 is 10.0 Å². The number of urea groups is 1. The molecular formula is C13H20N2O4. The molecule has 0 saturated heterocycles. The summed E-state index contributed by atoms with van der Waals surface area (Å²) in [6.07, 6.45) is 2.20. The Morgan fingerprint density at radius 1 is 1.21 bits per heavy atom. The molecule has 1 fully saturated rings. The molecular weight excluding hydrogens is 248 g/mol. The lowest BCUT2D eigenvalue weighted by molar-refractivity contribution is -0.133. The van der Waals surface area contributed by atoms with Crippen LogP contribution in [0.25, 0.3) is 0 Å². The molecule has 106 valence electrons. The number of carboxylic acid groups (broad SMARTS) is 1. The Labute approximate surface area is 112 Å². The van der Waals surface area contributed by atoms with Gasteiger partial charge in [-0.05, 0) is 39.5 Å². The van der Waals surface area contributed by atoms with E-state index in [2.05, 4.69) is 5.32 Å². The topological polar surface area (TPSA) is 86.7 Å². The molecule has 2 N–H and O–H groups in total. The fraction of sp³-hybridized carbons (Fsp3) is 0.615. The van der Waals surface area contributed by atoms with E-state index in [-0.39, 0.29) is 17.2 Å². The molecule has 0 aromatic heterocycles. The predicted molar refractivity (Wildman–Crippen MR) is 69.5 cm³/mol. The summed E-state index contributed by atoms with van der Waals surface area (Å²) in [5.41, 5.74) is -0.0310. The minimum absolute atomic E-state index is 0.0355. The van der Waals surface area contributed by atoms with Crippen LogP contribution in [0.1, 0.15) is 33.6 Å². The second-order valence-corrected chi connectivity index (χ2v) is 5.00. The molecule has 0 heterocycles. The highest BCUT2D eigenvalue weighted by molar-refractivity contribution is 6.07. The van der Waals surface area contributed by atoms with Gasteiger partial charge in [-0.25, -0.2) is 9.59 Å². The van der Waals surface area contributed by atoms with Gasteiger partial charge in [0.1, 0.15) is 0 Å². The van der Waals surface area contributed by atoms with Gasteiger partial charge in [0.05, 0.1) is 0 Å². The van der Waals surface area contributed by atoms with E-state index in [9.17, 15) is 14.4 Å². The van der Waals surface area contributed by atoms with Crippen LogP contribution in [0, 0.1) is 5.92 Å². The highest BCUT2D eigenvalue weighted by Crippen LogP contribution is 2.34. The highest BCUT2D eigenvalue weighted by Gasteiger charge is 2.33. The summed E-state index contributed by atoms with van der Waals surface area (Å²) < 4.78 is 0. The van der Waals surface area contributed by atoms with Crippen molar-refractivity contribution in [2.75, 3.05) is 7.05 Å². The van der Waals surface area contributed by atoms with Gasteiger partial charge in [-0.3, -0.25) is 10.1 Å². The third kappa shape index (κ3) is 3.81. The van der Waals surface area contributed by atoms with Crippen molar-refractivity contribution in [2.24, 2.45) is 5.92 Å². The van der Waals surface area contributed by atoms with Gasteiger partial charge >= 0.3 is 12.0 Å². The molecule has 0 spiro atoms. The molecule has 0 bridgehead atoms. The summed E-state index contributed by atoms with van der Waals surface area (Å²) in [5, 5.41) is 11.0. The number of nitrogens with zero attached hydrogens (tertiary/aromatic N) is 1. The number of rotatable bonds is 4. The zero-order chi connectivity index (χ0) is 14.7. The van der Waals surface area contributed by atoms with Crippen LogP contribution >= 0.6 is 0 Å². The zero-order valence-electron chi connectivity index (χ0n) is 11.7. The van der Waals surface area contributed by atoms with Crippen LogP contribution in [0.4, 0.5) is 4.79 Å². The predicted octanol–water partition coefficient (Wildman–Crippen LogP) is 1.37. The molecule has 3 amide bonds. The van der Waals surface area contributed by atoms with E-state index >= 15 is 0 Å². The molecule has 1 unspecified atom stereocenters. The lowest BCUT2D eigenvalue weighted by Gasteiger charge is -2.24. The smallest absolute Gasteiger partial charge is 0.331 e. The molecule has 0 aromatic rings. The van der Waals surface area contributed by atoms with Crippen molar-refractivity contribution in [3.8, 4) is 0 Å². The molecule has 1 aliphatic rings. The van der Waals surface area contributed by atoms with E-state index in [4.69, 9.17) is 5.11 Å². The molecule has 0 radical (unpaired) electrons. The van der Waals surface area contributed by atoms with Crippen molar-refractivity contribution in [2.45, 2.75) is 39.7 Å². The maximum absolute atomic E-state index is 11.8. The Kier molecular flexibility index (Phi) is 4.69. The average Bonchev–Trinajstić information content (AvgIpc) is 3.18. The lowest BCUT2D eigenvalue weighted by Crippen LogP contribution is -2.45. The van der Waals surface area contributed by atoms with Gasteiger partial charge in [-0.15, -0.1) is 0 Å². The number of hydrogen-bond donors (Lipinski definition) is 2. The Morgan fingerprint density at radius 2 is 1.74 bits per heavy atom. The van der Waals surface area contributed by atoms with E-state index in [1.165, 1.54) is 18.7 Å². The number of aliphatic carboxylic acids is 1. The Hall–Kier alpha value is -1.85. The lowest BCUT2D eigenvalue weighted by atomic mass is 10.1. The summed E-state index contributed by atoms with van der Waals surface area (Å²) in [5.74, 6) is -1.33. The van der Waals surface area contributed by atoms with Crippen LogP contribution in [-0.2, 0) is 9.59 Å². The Bertz CT molecular complexity index is 438. The van der Waals surface area contributed by atoms with Gasteiger partial charge in [-0.2, -0.15) is 0 Å². The molecule has 6 heteroatoms. The fourth-order valence-electron chi connectivity index (χ4n) is 1.69. The van der Waals surface area contributed by atoms with Crippen molar-refractivity contribution in [1.82, 2.24) is 10.2 Å². The fourth-order valence-corrected chi connectivity index (χ4v) is 1.69. The van der Waals surface area contributed by atoms with Crippen molar-refractivity contribution >= 4 is 17.9 Å². The first-order chi connectivity index (χ1) is 8.75. The molecule has 1 rings (SSSR count). The summed E-state index contributed by atoms with van der Waals surface area (Å²) in [4.78, 5) is 35.8.